The van der Waals surface area contributed by atoms with Crippen LogP contribution in [0.2, 0.25) is 5.02 Å². The maximum atomic E-state index is 14.1. The van der Waals surface area contributed by atoms with Gasteiger partial charge in [-0.15, -0.1) is 0 Å². The molecule has 2 heterocycles. The van der Waals surface area contributed by atoms with Gasteiger partial charge in [0.15, 0.2) is 5.82 Å². The predicted octanol–water partition coefficient (Wildman–Crippen LogP) is 4.34. The smallest absolute Gasteiger partial charge is 0.369 e. The van der Waals surface area contributed by atoms with Crippen molar-refractivity contribution in [3.05, 3.63) is 64.8 Å². The van der Waals surface area contributed by atoms with Crippen LogP contribution in [0.1, 0.15) is 24.0 Å². The van der Waals surface area contributed by atoms with Gasteiger partial charge < -0.3 is 15.5 Å². The first kappa shape index (κ1) is 32.2. The summed E-state index contributed by atoms with van der Waals surface area (Å²) in [5.41, 5.74) is 0.648. The van der Waals surface area contributed by atoms with Crippen LogP contribution >= 0.6 is 11.6 Å². The molecule has 5 rings (SSSR count). The number of hydrogen-bond donors (Lipinski definition) is 3. The zero-order chi connectivity index (χ0) is 31.7. The normalized spacial score (nSPS) is 16.6. The van der Waals surface area contributed by atoms with E-state index in [9.17, 15) is 30.0 Å². The SMILES string of the molecule is CS(=O)(=O)N1CCN(c2ccc(Nc3ncc(Cl)c(Nc4ccc(CCNS(=O)(=O)C5CC5)cc4)n3)c(C(F)(F)F)c2)CC1. The molecule has 1 aliphatic carbocycles. The van der Waals surface area contributed by atoms with Crippen molar-refractivity contribution in [3.8, 4) is 0 Å². The topological polar surface area (TPSA) is 137 Å². The first-order valence-corrected chi connectivity index (χ1v) is 17.5. The summed E-state index contributed by atoms with van der Waals surface area (Å²) in [5, 5.41) is 5.54. The van der Waals surface area contributed by atoms with Crippen LogP contribution in [0.5, 0.6) is 0 Å². The summed E-state index contributed by atoms with van der Waals surface area (Å²) in [5.74, 6) is 0.0551. The Balaban J connectivity index is 1.25. The fourth-order valence-electron chi connectivity index (χ4n) is 4.71. The van der Waals surface area contributed by atoms with Crippen molar-refractivity contribution < 1.29 is 30.0 Å². The van der Waals surface area contributed by atoms with E-state index >= 15 is 0 Å². The van der Waals surface area contributed by atoms with E-state index < -0.39 is 31.8 Å². The van der Waals surface area contributed by atoms with Gasteiger partial charge in [0.25, 0.3) is 0 Å². The second-order valence-corrected chi connectivity index (χ2v) is 15.0. The van der Waals surface area contributed by atoms with Gasteiger partial charge in [-0.2, -0.15) is 22.5 Å². The molecule has 1 aromatic heterocycles. The molecular weight excluding hydrogens is 643 g/mol. The molecule has 17 heteroatoms. The summed E-state index contributed by atoms with van der Waals surface area (Å²) in [6, 6.07) is 11.0. The number of benzene rings is 2. The molecule has 1 saturated heterocycles. The molecule has 2 fully saturated rings. The molecule has 3 N–H and O–H groups in total. The van der Waals surface area contributed by atoms with Crippen molar-refractivity contribution in [2.75, 3.05) is 54.5 Å². The van der Waals surface area contributed by atoms with Crippen LogP contribution in [0.4, 0.5) is 42.0 Å². The largest absolute Gasteiger partial charge is 0.418 e. The maximum absolute atomic E-state index is 14.1. The highest BCUT2D eigenvalue weighted by Crippen LogP contribution is 2.39. The van der Waals surface area contributed by atoms with E-state index in [4.69, 9.17) is 11.6 Å². The molecule has 2 aliphatic rings. The van der Waals surface area contributed by atoms with E-state index in [1.54, 1.807) is 17.0 Å². The molecule has 238 valence electrons. The Morgan fingerprint density at radius 3 is 2.27 bits per heavy atom. The van der Waals surface area contributed by atoms with Crippen molar-refractivity contribution in [2.45, 2.75) is 30.7 Å². The van der Waals surface area contributed by atoms with Crippen molar-refractivity contribution in [1.29, 1.82) is 0 Å². The number of sulfonamides is 2. The second-order valence-electron chi connectivity index (χ2n) is 10.6. The minimum Gasteiger partial charge on any atom is -0.369 e. The zero-order valence-electron chi connectivity index (χ0n) is 23.6. The van der Waals surface area contributed by atoms with Crippen molar-refractivity contribution >= 4 is 60.5 Å². The van der Waals surface area contributed by atoms with Gasteiger partial charge in [-0.05, 0) is 55.2 Å². The third-order valence-electron chi connectivity index (χ3n) is 7.27. The second kappa shape index (κ2) is 12.7. The number of aromatic nitrogens is 2. The van der Waals surface area contributed by atoms with Gasteiger partial charge in [0.05, 0.1) is 29.0 Å². The molecule has 1 saturated carbocycles. The summed E-state index contributed by atoms with van der Waals surface area (Å²) in [4.78, 5) is 10.0. The Morgan fingerprint density at radius 1 is 0.977 bits per heavy atom. The highest BCUT2D eigenvalue weighted by Gasteiger charge is 2.36. The molecule has 44 heavy (non-hydrogen) atoms. The third kappa shape index (κ3) is 8.10. The molecule has 11 nitrogen and oxygen atoms in total. The molecule has 0 atom stereocenters. The Morgan fingerprint density at radius 2 is 1.66 bits per heavy atom. The zero-order valence-corrected chi connectivity index (χ0v) is 26.0. The molecule has 0 radical (unpaired) electrons. The summed E-state index contributed by atoms with van der Waals surface area (Å²) in [6.45, 7) is 1.16. The van der Waals surface area contributed by atoms with E-state index in [0.717, 1.165) is 17.9 Å². The minimum absolute atomic E-state index is 0.114. The summed E-state index contributed by atoms with van der Waals surface area (Å²) in [7, 11) is -6.62. The van der Waals surface area contributed by atoms with E-state index in [0.29, 0.717) is 37.2 Å². The summed E-state index contributed by atoms with van der Waals surface area (Å²) in [6.07, 6.45) is -0.423. The van der Waals surface area contributed by atoms with Crippen molar-refractivity contribution in [2.24, 2.45) is 0 Å². The first-order valence-electron chi connectivity index (χ1n) is 13.7. The van der Waals surface area contributed by atoms with E-state index in [1.165, 1.54) is 22.6 Å². The van der Waals surface area contributed by atoms with Gasteiger partial charge in [0.2, 0.25) is 26.0 Å². The molecule has 0 spiro atoms. The average Bonchev–Trinajstić information content (AvgIpc) is 3.82. The number of anilines is 5. The number of nitrogens with zero attached hydrogens (tertiary/aromatic N) is 4. The molecule has 0 amide bonds. The Kier molecular flexibility index (Phi) is 9.28. The van der Waals surface area contributed by atoms with Crippen LogP contribution in [-0.2, 0) is 32.6 Å². The van der Waals surface area contributed by atoms with Crippen molar-refractivity contribution in [3.63, 3.8) is 0 Å². The number of nitrogens with one attached hydrogen (secondary N) is 3. The lowest BCUT2D eigenvalue weighted by molar-refractivity contribution is -0.136. The van der Waals surface area contributed by atoms with Gasteiger partial charge in [0.1, 0.15) is 5.02 Å². The number of alkyl halides is 3. The number of halogens is 4. The van der Waals surface area contributed by atoms with E-state index in [-0.39, 0.29) is 53.9 Å². The molecular formula is C27H31ClF3N7O4S2. The Labute approximate surface area is 258 Å². The number of piperazine rings is 1. The summed E-state index contributed by atoms with van der Waals surface area (Å²) >= 11 is 6.26. The number of rotatable bonds is 11. The highest BCUT2D eigenvalue weighted by atomic mass is 35.5. The average molecular weight is 674 g/mol. The van der Waals surface area contributed by atoms with Gasteiger partial charge in [-0.3, -0.25) is 0 Å². The molecule has 0 bridgehead atoms. The lowest BCUT2D eigenvalue weighted by atomic mass is 10.1. The predicted molar refractivity (Wildman–Crippen MR) is 164 cm³/mol. The third-order valence-corrected chi connectivity index (χ3v) is 10.8. The molecule has 1 aliphatic heterocycles. The van der Waals surface area contributed by atoms with Crippen LogP contribution in [0.25, 0.3) is 0 Å². The fourth-order valence-corrected chi connectivity index (χ4v) is 7.06. The van der Waals surface area contributed by atoms with E-state index in [1.807, 2.05) is 12.1 Å². The Bertz CT molecular complexity index is 1710. The van der Waals surface area contributed by atoms with E-state index in [2.05, 4.69) is 25.3 Å². The molecule has 0 unspecified atom stereocenters. The molecule has 3 aromatic rings. The van der Waals surface area contributed by atoms with Crippen LogP contribution in [0.3, 0.4) is 0 Å². The minimum atomic E-state index is -4.69. The van der Waals surface area contributed by atoms with Gasteiger partial charge >= 0.3 is 6.18 Å². The van der Waals surface area contributed by atoms with Crippen LogP contribution in [0, 0.1) is 0 Å². The Hall–Kier alpha value is -3.18. The van der Waals surface area contributed by atoms with Crippen LogP contribution < -0.4 is 20.3 Å². The highest BCUT2D eigenvalue weighted by molar-refractivity contribution is 7.90. The number of hydrogen-bond acceptors (Lipinski definition) is 9. The summed E-state index contributed by atoms with van der Waals surface area (Å²) < 4.78 is 93.7. The standard InChI is InChI=1S/C27H31ClF3N7O4S2/c1-43(39,40)38-14-12-37(13-15-38)20-6-9-24(22(16-20)27(29,30)31)35-26-32-17-23(28)25(36-26)34-19-4-2-18(3-5-19)10-11-33-44(41,42)21-7-8-21/h2-6,9,16-17,21,33H,7-8,10-15H2,1H3,(H2,32,34,35,36). The van der Waals surface area contributed by atoms with Crippen LogP contribution in [0.15, 0.2) is 48.7 Å². The van der Waals surface area contributed by atoms with Crippen molar-refractivity contribution in [1.82, 2.24) is 19.0 Å². The van der Waals surface area contributed by atoms with Gasteiger partial charge in [0, 0.05) is 44.1 Å². The quantitative estimate of drug-likeness (QED) is 0.272. The lowest BCUT2D eigenvalue weighted by Crippen LogP contribution is -2.48. The first-order chi connectivity index (χ1) is 20.7. The maximum Gasteiger partial charge on any atom is 0.418 e. The van der Waals surface area contributed by atoms with Crippen LogP contribution in [-0.4, -0.2) is 75.3 Å². The fraction of sp³-hybridized carbons (Fsp3) is 0.407. The monoisotopic (exact) mass is 673 g/mol. The lowest BCUT2D eigenvalue weighted by Gasteiger charge is -2.35. The van der Waals surface area contributed by atoms with Gasteiger partial charge in [-0.25, -0.2) is 26.5 Å². The van der Waals surface area contributed by atoms with Gasteiger partial charge in [-0.1, -0.05) is 23.7 Å². The molecule has 2 aromatic carbocycles.